The fourth-order valence-corrected chi connectivity index (χ4v) is 2.26. The van der Waals surface area contributed by atoms with Gasteiger partial charge in [0.05, 0.1) is 5.60 Å². The normalized spacial score (nSPS) is 19.3. The molecule has 17 heavy (non-hydrogen) atoms. The van der Waals surface area contributed by atoms with Crippen LogP contribution in [0.3, 0.4) is 0 Å². The van der Waals surface area contributed by atoms with Crippen molar-refractivity contribution in [3.05, 3.63) is 0 Å². The molecule has 0 aromatic rings. The third-order valence-corrected chi connectivity index (χ3v) is 3.21. The summed E-state index contributed by atoms with van der Waals surface area (Å²) in [6, 6.07) is 0.119. The zero-order chi connectivity index (χ0) is 12.9. The third-order valence-electron chi connectivity index (χ3n) is 3.21. The molecule has 0 heterocycles. The molecule has 1 atom stereocenters. The van der Waals surface area contributed by atoms with E-state index in [0.29, 0.717) is 12.5 Å². The first-order chi connectivity index (χ1) is 7.92. The molecule has 0 radical (unpaired) electrons. The van der Waals surface area contributed by atoms with Crippen LogP contribution in [-0.4, -0.2) is 30.7 Å². The zero-order valence-corrected chi connectivity index (χ0v) is 11.3. The van der Waals surface area contributed by atoms with E-state index in [9.17, 15) is 4.79 Å². The van der Waals surface area contributed by atoms with Gasteiger partial charge in [0.15, 0.2) is 0 Å². The lowest BCUT2D eigenvalue weighted by molar-refractivity contribution is -0.131. The smallest absolute Gasteiger partial charge is 0.246 e. The van der Waals surface area contributed by atoms with E-state index in [0.717, 1.165) is 0 Å². The highest BCUT2D eigenvalue weighted by Gasteiger charge is 2.25. The van der Waals surface area contributed by atoms with Gasteiger partial charge in [0.25, 0.3) is 0 Å². The third kappa shape index (κ3) is 5.50. The topological polar surface area (TPSA) is 64.3 Å². The molecule has 1 fully saturated rings. The van der Waals surface area contributed by atoms with Crippen LogP contribution in [0.25, 0.3) is 0 Å². The molecule has 4 heteroatoms. The molecule has 3 N–H and O–H groups in total. The number of ether oxygens (including phenoxy) is 1. The summed E-state index contributed by atoms with van der Waals surface area (Å²) in [7, 11) is 0. The minimum atomic E-state index is -0.275. The second-order valence-electron chi connectivity index (χ2n) is 5.86. The highest BCUT2D eigenvalue weighted by Crippen LogP contribution is 2.27. The summed E-state index contributed by atoms with van der Waals surface area (Å²) in [6.07, 6.45) is 4.88. The van der Waals surface area contributed by atoms with Crippen LogP contribution in [0.4, 0.5) is 0 Å². The molecular weight excluding hydrogens is 216 g/mol. The minimum Gasteiger partial charge on any atom is -0.366 e. The minimum absolute atomic E-state index is 0.0534. The van der Waals surface area contributed by atoms with E-state index in [1.54, 1.807) is 0 Å². The SMILES string of the molecule is CC(C)(C)OCC(=O)NC(CN)C1CCCC1. The Morgan fingerprint density at radius 1 is 1.41 bits per heavy atom. The Balaban J connectivity index is 2.32. The van der Waals surface area contributed by atoms with Gasteiger partial charge in [-0.25, -0.2) is 0 Å². The standard InChI is InChI=1S/C13H26N2O2/c1-13(2,3)17-9-12(16)15-11(8-14)10-6-4-5-7-10/h10-11H,4-9,14H2,1-3H3,(H,15,16). The van der Waals surface area contributed by atoms with Crippen LogP contribution in [-0.2, 0) is 9.53 Å². The summed E-state index contributed by atoms with van der Waals surface area (Å²) in [6.45, 7) is 6.46. The van der Waals surface area contributed by atoms with E-state index in [4.69, 9.17) is 10.5 Å². The summed E-state index contributed by atoms with van der Waals surface area (Å²) in [4.78, 5) is 11.7. The predicted octanol–water partition coefficient (Wildman–Crippen LogP) is 1.44. The Morgan fingerprint density at radius 3 is 2.47 bits per heavy atom. The van der Waals surface area contributed by atoms with Crippen LogP contribution in [0.5, 0.6) is 0 Å². The van der Waals surface area contributed by atoms with Gasteiger partial charge in [0.2, 0.25) is 5.91 Å². The van der Waals surface area contributed by atoms with Crippen LogP contribution in [0.2, 0.25) is 0 Å². The molecule has 0 aromatic heterocycles. The van der Waals surface area contributed by atoms with Crippen LogP contribution < -0.4 is 11.1 Å². The Kier molecular flexibility index (Phi) is 5.40. The van der Waals surface area contributed by atoms with Crippen LogP contribution in [0.15, 0.2) is 0 Å². The van der Waals surface area contributed by atoms with E-state index in [2.05, 4.69) is 5.32 Å². The molecule has 1 aliphatic rings. The lowest BCUT2D eigenvalue weighted by Gasteiger charge is -2.24. The van der Waals surface area contributed by atoms with Gasteiger partial charge < -0.3 is 15.8 Å². The first-order valence-electron chi connectivity index (χ1n) is 6.56. The highest BCUT2D eigenvalue weighted by atomic mass is 16.5. The lowest BCUT2D eigenvalue weighted by Crippen LogP contribution is -2.46. The van der Waals surface area contributed by atoms with Crippen LogP contribution in [0.1, 0.15) is 46.5 Å². The quantitative estimate of drug-likeness (QED) is 0.766. The van der Waals surface area contributed by atoms with Gasteiger partial charge >= 0.3 is 0 Å². The second kappa shape index (κ2) is 6.36. The van der Waals surface area contributed by atoms with Crippen molar-refractivity contribution in [3.63, 3.8) is 0 Å². The van der Waals surface area contributed by atoms with Crippen molar-refractivity contribution in [1.29, 1.82) is 0 Å². The molecule has 0 spiro atoms. The van der Waals surface area contributed by atoms with Crippen molar-refractivity contribution in [3.8, 4) is 0 Å². The zero-order valence-electron chi connectivity index (χ0n) is 11.3. The summed E-state index contributed by atoms with van der Waals surface area (Å²) >= 11 is 0. The maximum atomic E-state index is 11.7. The van der Waals surface area contributed by atoms with E-state index < -0.39 is 0 Å². The maximum absolute atomic E-state index is 11.7. The number of carbonyl (C=O) groups is 1. The van der Waals surface area contributed by atoms with E-state index in [1.807, 2.05) is 20.8 Å². The Bertz CT molecular complexity index is 242. The number of nitrogens with two attached hydrogens (primary N) is 1. The molecule has 0 aromatic carbocycles. The van der Waals surface area contributed by atoms with Crippen molar-refractivity contribution in [2.75, 3.05) is 13.2 Å². The van der Waals surface area contributed by atoms with Crippen LogP contribution >= 0.6 is 0 Å². The first kappa shape index (κ1) is 14.5. The average Bonchev–Trinajstić information content (AvgIpc) is 2.75. The predicted molar refractivity (Wildman–Crippen MR) is 68.6 cm³/mol. The molecule has 1 rings (SSSR count). The fourth-order valence-electron chi connectivity index (χ4n) is 2.26. The van der Waals surface area contributed by atoms with Crippen molar-refractivity contribution >= 4 is 5.91 Å². The van der Waals surface area contributed by atoms with Gasteiger partial charge in [-0.05, 0) is 39.5 Å². The van der Waals surface area contributed by atoms with Gasteiger partial charge in [-0.1, -0.05) is 12.8 Å². The number of nitrogens with one attached hydrogen (secondary N) is 1. The van der Waals surface area contributed by atoms with E-state index >= 15 is 0 Å². The molecule has 1 aliphatic carbocycles. The van der Waals surface area contributed by atoms with Crippen molar-refractivity contribution in [2.45, 2.75) is 58.1 Å². The van der Waals surface area contributed by atoms with Crippen molar-refractivity contribution in [2.24, 2.45) is 11.7 Å². The van der Waals surface area contributed by atoms with Gasteiger partial charge in [-0.2, -0.15) is 0 Å². The molecule has 1 saturated carbocycles. The molecule has 0 saturated heterocycles. The van der Waals surface area contributed by atoms with Gasteiger partial charge in [-0.3, -0.25) is 4.79 Å². The molecular formula is C13H26N2O2. The van der Waals surface area contributed by atoms with Crippen molar-refractivity contribution < 1.29 is 9.53 Å². The second-order valence-corrected chi connectivity index (χ2v) is 5.86. The number of amides is 1. The van der Waals surface area contributed by atoms with E-state index in [-0.39, 0.29) is 24.2 Å². The molecule has 1 amide bonds. The maximum Gasteiger partial charge on any atom is 0.246 e. The molecule has 1 unspecified atom stereocenters. The monoisotopic (exact) mass is 242 g/mol. The van der Waals surface area contributed by atoms with Crippen LogP contribution in [0, 0.1) is 5.92 Å². The van der Waals surface area contributed by atoms with Gasteiger partial charge in [0, 0.05) is 12.6 Å². The highest BCUT2D eigenvalue weighted by molar-refractivity contribution is 5.77. The Hall–Kier alpha value is -0.610. The number of hydrogen-bond donors (Lipinski definition) is 2. The molecule has 4 nitrogen and oxygen atoms in total. The molecule has 0 bridgehead atoms. The number of rotatable bonds is 5. The lowest BCUT2D eigenvalue weighted by atomic mass is 9.98. The fraction of sp³-hybridized carbons (Fsp3) is 0.923. The summed E-state index contributed by atoms with van der Waals surface area (Å²) in [5.41, 5.74) is 5.45. The number of carbonyl (C=O) groups excluding carboxylic acids is 1. The van der Waals surface area contributed by atoms with Gasteiger partial charge in [0.1, 0.15) is 6.61 Å². The molecule has 0 aliphatic heterocycles. The molecule has 100 valence electrons. The van der Waals surface area contributed by atoms with Gasteiger partial charge in [-0.15, -0.1) is 0 Å². The summed E-state index contributed by atoms with van der Waals surface area (Å²) in [5.74, 6) is 0.501. The Labute approximate surface area is 104 Å². The summed E-state index contributed by atoms with van der Waals surface area (Å²) in [5, 5.41) is 2.99. The van der Waals surface area contributed by atoms with E-state index in [1.165, 1.54) is 25.7 Å². The first-order valence-corrected chi connectivity index (χ1v) is 6.56. The Morgan fingerprint density at radius 2 is 2.00 bits per heavy atom. The van der Waals surface area contributed by atoms with Crippen molar-refractivity contribution in [1.82, 2.24) is 5.32 Å². The number of hydrogen-bond acceptors (Lipinski definition) is 3. The largest absolute Gasteiger partial charge is 0.366 e. The summed E-state index contributed by atoms with van der Waals surface area (Å²) < 4.78 is 5.45. The average molecular weight is 242 g/mol.